The molecule has 0 spiro atoms. The molecule has 0 atom stereocenters. The first kappa shape index (κ1) is 23.5. The Hall–Kier alpha value is -3.27. The number of nitrogens with one attached hydrogen (secondary N) is 1. The van der Waals surface area contributed by atoms with Crippen LogP contribution in [-0.2, 0) is 16.6 Å². The van der Waals surface area contributed by atoms with Crippen LogP contribution in [0.2, 0.25) is 5.02 Å². The molecule has 35 heavy (non-hydrogen) atoms. The molecule has 0 aromatic heterocycles. The summed E-state index contributed by atoms with van der Waals surface area (Å²) in [7, 11) is -3.76. The summed E-state index contributed by atoms with van der Waals surface area (Å²) >= 11 is 6.01. The predicted octanol–water partition coefficient (Wildman–Crippen LogP) is 3.83. The van der Waals surface area contributed by atoms with Gasteiger partial charge in [0.25, 0.3) is 15.9 Å². The van der Waals surface area contributed by atoms with Crippen molar-refractivity contribution in [3.05, 3.63) is 82.9 Å². The molecule has 0 saturated carbocycles. The van der Waals surface area contributed by atoms with Crippen LogP contribution in [0.3, 0.4) is 0 Å². The van der Waals surface area contributed by atoms with E-state index in [0.29, 0.717) is 47.4 Å². The van der Waals surface area contributed by atoms with Gasteiger partial charge >= 0.3 is 0 Å². The average Bonchev–Trinajstić information content (AvgIpc) is 3.33. The molecule has 0 bridgehead atoms. The van der Waals surface area contributed by atoms with Gasteiger partial charge in [0.2, 0.25) is 6.79 Å². The molecule has 0 unspecified atom stereocenters. The molecule has 8 nitrogen and oxygen atoms in total. The molecule has 0 radical (unpaired) electrons. The summed E-state index contributed by atoms with van der Waals surface area (Å²) in [6.45, 7) is 3.59. The van der Waals surface area contributed by atoms with Crippen molar-refractivity contribution in [3.63, 3.8) is 0 Å². The summed E-state index contributed by atoms with van der Waals surface area (Å²) < 4.78 is 38.6. The van der Waals surface area contributed by atoms with Crippen LogP contribution >= 0.6 is 11.6 Å². The summed E-state index contributed by atoms with van der Waals surface area (Å²) in [5.74, 6) is 0.937. The van der Waals surface area contributed by atoms with Gasteiger partial charge in [-0.15, -0.1) is 0 Å². The van der Waals surface area contributed by atoms with Gasteiger partial charge in [-0.2, -0.15) is 0 Å². The molecule has 5 rings (SSSR count). The number of fused-ring (bicyclic) bond motifs is 1. The van der Waals surface area contributed by atoms with Crippen LogP contribution in [0, 0.1) is 0 Å². The van der Waals surface area contributed by atoms with E-state index in [4.69, 9.17) is 21.1 Å². The highest BCUT2D eigenvalue weighted by Gasteiger charge is 2.23. The maximum absolute atomic E-state index is 12.8. The molecule has 2 aliphatic heterocycles. The first-order chi connectivity index (χ1) is 16.9. The largest absolute Gasteiger partial charge is 0.454 e. The second-order valence-electron chi connectivity index (χ2n) is 8.40. The maximum atomic E-state index is 12.8. The van der Waals surface area contributed by atoms with Crippen LogP contribution in [0.5, 0.6) is 11.5 Å². The number of piperazine rings is 1. The van der Waals surface area contributed by atoms with Crippen molar-refractivity contribution in [2.75, 3.05) is 37.7 Å². The van der Waals surface area contributed by atoms with Gasteiger partial charge in [-0.1, -0.05) is 29.8 Å². The number of carbonyl (C=O) groups excluding carboxylic acids is 1. The molecule has 10 heteroatoms. The van der Waals surface area contributed by atoms with Crippen molar-refractivity contribution in [2.45, 2.75) is 11.4 Å². The Morgan fingerprint density at radius 1 is 0.914 bits per heavy atom. The zero-order valence-electron chi connectivity index (χ0n) is 18.8. The van der Waals surface area contributed by atoms with Gasteiger partial charge in [0, 0.05) is 55.1 Å². The number of benzene rings is 3. The number of amides is 1. The SMILES string of the molecule is O=C(c1cccc(Cl)c1)N1CCN(Cc2ccc(NS(=O)(=O)c3ccc4c(c3)OCO4)cc2)CC1. The lowest BCUT2D eigenvalue weighted by Gasteiger charge is -2.34. The fourth-order valence-electron chi connectivity index (χ4n) is 4.11. The molecular weight excluding hydrogens is 490 g/mol. The number of hydrogen-bond acceptors (Lipinski definition) is 6. The number of rotatable bonds is 6. The summed E-state index contributed by atoms with van der Waals surface area (Å²) in [6.07, 6.45) is 0. The average molecular weight is 514 g/mol. The first-order valence-corrected chi connectivity index (χ1v) is 13.0. The van der Waals surface area contributed by atoms with Gasteiger partial charge in [-0.05, 0) is 48.0 Å². The minimum atomic E-state index is -3.76. The van der Waals surface area contributed by atoms with Crippen molar-refractivity contribution in [2.24, 2.45) is 0 Å². The minimum absolute atomic E-state index is 0.00811. The predicted molar refractivity (Wildman–Crippen MR) is 132 cm³/mol. The van der Waals surface area contributed by atoms with E-state index >= 15 is 0 Å². The molecule has 0 aliphatic carbocycles. The highest BCUT2D eigenvalue weighted by atomic mass is 35.5. The summed E-state index contributed by atoms with van der Waals surface area (Å²) in [5, 5.41) is 0.552. The molecule has 1 N–H and O–H groups in total. The Balaban J connectivity index is 1.15. The number of halogens is 1. The molecule has 1 amide bonds. The maximum Gasteiger partial charge on any atom is 0.262 e. The fourth-order valence-corrected chi connectivity index (χ4v) is 5.37. The molecule has 182 valence electrons. The van der Waals surface area contributed by atoms with Gasteiger partial charge < -0.3 is 14.4 Å². The van der Waals surface area contributed by atoms with Crippen molar-refractivity contribution in [3.8, 4) is 11.5 Å². The van der Waals surface area contributed by atoms with E-state index in [-0.39, 0.29) is 17.6 Å². The molecule has 1 saturated heterocycles. The second kappa shape index (κ2) is 9.77. The molecule has 3 aromatic rings. The molecule has 3 aromatic carbocycles. The lowest BCUT2D eigenvalue weighted by Crippen LogP contribution is -2.48. The number of sulfonamides is 1. The summed E-state index contributed by atoms with van der Waals surface area (Å²) in [5.41, 5.74) is 2.14. The smallest absolute Gasteiger partial charge is 0.262 e. The normalized spacial score (nSPS) is 15.7. The number of hydrogen-bond donors (Lipinski definition) is 1. The van der Waals surface area contributed by atoms with Crippen molar-refractivity contribution in [1.82, 2.24) is 9.80 Å². The van der Waals surface area contributed by atoms with E-state index < -0.39 is 10.0 Å². The molecular formula is C25H24ClN3O5S. The van der Waals surface area contributed by atoms with E-state index in [9.17, 15) is 13.2 Å². The Bertz CT molecular complexity index is 1340. The van der Waals surface area contributed by atoms with Crippen LogP contribution in [0.4, 0.5) is 5.69 Å². The van der Waals surface area contributed by atoms with E-state index in [0.717, 1.165) is 18.7 Å². The van der Waals surface area contributed by atoms with Crippen molar-refractivity contribution in [1.29, 1.82) is 0 Å². The third-order valence-corrected chi connectivity index (χ3v) is 7.61. The zero-order valence-corrected chi connectivity index (χ0v) is 20.4. The molecule has 1 fully saturated rings. The molecule has 2 aliphatic rings. The van der Waals surface area contributed by atoms with Crippen LogP contribution < -0.4 is 14.2 Å². The quantitative estimate of drug-likeness (QED) is 0.539. The van der Waals surface area contributed by atoms with Crippen LogP contribution in [0.15, 0.2) is 71.6 Å². The lowest BCUT2D eigenvalue weighted by atomic mass is 10.1. The van der Waals surface area contributed by atoms with Gasteiger partial charge in [0.05, 0.1) is 4.90 Å². The number of anilines is 1. The zero-order chi connectivity index (χ0) is 24.4. The topological polar surface area (TPSA) is 88.2 Å². The van der Waals surface area contributed by atoms with Crippen LogP contribution in [0.1, 0.15) is 15.9 Å². The third kappa shape index (κ3) is 5.37. The Morgan fingerprint density at radius 2 is 1.66 bits per heavy atom. The van der Waals surface area contributed by atoms with Crippen molar-refractivity contribution >= 4 is 33.2 Å². The number of carbonyl (C=O) groups is 1. The third-order valence-electron chi connectivity index (χ3n) is 6.00. The van der Waals surface area contributed by atoms with Gasteiger partial charge in [-0.3, -0.25) is 14.4 Å². The van der Waals surface area contributed by atoms with Gasteiger partial charge in [0.15, 0.2) is 11.5 Å². The Morgan fingerprint density at radius 3 is 2.40 bits per heavy atom. The highest BCUT2D eigenvalue weighted by Crippen LogP contribution is 2.34. The van der Waals surface area contributed by atoms with Gasteiger partial charge in [-0.25, -0.2) is 8.42 Å². The van der Waals surface area contributed by atoms with E-state index in [2.05, 4.69) is 9.62 Å². The van der Waals surface area contributed by atoms with Crippen LogP contribution in [0.25, 0.3) is 0 Å². The standard InChI is InChI=1S/C25H24ClN3O5S/c26-20-3-1-2-19(14-20)25(30)29-12-10-28(11-13-29)16-18-4-6-21(7-5-18)27-35(31,32)22-8-9-23-24(15-22)34-17-33-23/h1-9,14-15,27H,10-13,16-17H2. The van der Waals surface area contributed by atoms with Crippen LogP contribution in [-0.4, -0.2) is 57.1 Å². The lowest BCUT2D eigenvalue weighted by molar-refractivity contribution is 0.0628. The number of ether oxygens (including phenoxy) is 2. The number of nitrogens with zero attached hydrogens (tertiary/aromatic N) is 2. The fraction of sp³-hybridized carbons (Fsp3) is 0.240. The second-order valence-corrected chi connectivity index (χ2v) is 10.5. The van der Waals surface area contributed by atoms with E-state index in [1.54, 1.807) is 42.5 Å². The minimum Gasteiger partial charge on any atom is -0.454 e. The monoisotopic (exact) mass is 513 g/mol. The van der Waals surface area contributed by atoms with E-state index in [1.165, 1.54) is 12.1 Å². The first-order valence-electron chi connectivity index (χ1n) is 11.2. The Labute approximate surface area is 209 Å². The van der Waals surface area contributed by atoms with E-state index in [1.807, 2.05) is 17.0 Å². The summed E-state index contributed by atoms with van der Waals surface area (Å²) in [4.78, 5) is 16.9. The Kier molecular flexibility index (Phi) is 6.55. The van der Waals surface area contributed by atoms with Crippen molar-refractivity contribution < 1.29 is 22.7 Å². The molecule has 2 heterocycles. The summed E-state index contributed by atoms with van der Waals surface area (Å²) in [6, 6.07) is 18.8. The van der Waals surface area contributed by atoms with Gasteiger partial charge in [0.1, 0.15) is 0 Å². The highest BCUT2D eigenvalue weighted by molar-refractivity contribution is 7.92.